The van der Waals surface area contributed by atoms with Gasteiger partial charge in [0.15, 0.2) is 0 Å². The monoisotopic (exact) mass is 348 g/mol. The van der Waals surface area contributed by atoms with Gasteiger partial charge in [0.1, 0.15) is 0 Å². The smallest absolute Gasteiger partial charge is 0.243 e. The van der Waals surface area contributed by atoms with Crippen LogP contribution in [-0.2, 0) is 27.8 Å². The van der Waals surface area contributed by atoms with Crippen molar-refractivity contribution in [3.63, 3.8) is 0 Å². The minimum absolute atomic E-state index is 0.276. The predicted octanol–water partition coefficient (Wildman–Crippen LogP) is 2.03. The zero-order valence-corrected chi connectivity index (χ0v) is 14.7. The summed E-state index contributed by atoms with van der Waals surface area (Å²) < 4.78 is 32.4. The standard InChI is InChI=1S/C18H24N2O3S/c1-23-15-17-8-5-9-18(14-17)24(21,22)20(13-11-19)12-10-16-6-3-2-4-7-16/h2-9,14H,10-13,15,19H2,1H3. The summed E-state index contributed by atoms with van der Waals surface area (Å²) in [6.45, 7) is 1.36. The first-order valence-corrected chi connectivity index (χ1v) is 9.34. The quantitative estimate of drug-likeness (QED) is 0.752. The molecule has 2 rings (SSSR count). The second-order valence-electron chi connectivity index (χ2n) is 5.51. The van der Waals surface area contributed by atoms with Gasteiger partial charge in [-0.3, -0.25) is 0 Å². The van der Waals surface area contributed by atoms with Crippen LogP contribution < -0.4 is 5.73 Å². The molecule has 24 heavy (non-hydrogen) atoms. The maximum atomic E-state index is 12.9. The van der Waals surface area contributed by atoms with Gasteiger partial charge < -0.3 is 10.5 Å². The van der Waals surface area contributed by atoms with Crippen molar-refractivity contribution in [3.05, 3.63) is 65.7 Å². The molecular weight excluding hydrogens is 324 g/mol. The molecule has 0 fully saturated rings. The fourth-order valence-corrected chi connectivity index (χ4v) is 4.03. The molecule has 6 heteroatoms. The van der Waals surface area contributed by atoms with E-state index in [2.05, 4.69) is 0 Å². The molecule has 5 nitrogen and oxygen atoms in total. The van der Waals surface area contributed by atoms with Gasteiger partial charge in [-0.25, -0.2) is 8.42 Å². The Morgan fingerprint density at radius 3 is 2.38 bits per heavy atom. The lowest BCUT2D eigenvalue weighted by atomic mass is 10.1. The maximum absolute atomic E-state index is 12.9. The first-order chi connectivity index (χ1) is 11.6. The summed E-state index contributed by atoms with van der Waals surface area (Å²) in [5.41, 5.74) is 7.55. The number of hydrogen-bond donors (Lipinski definition) is 1. The van der Waals surface area contributed by atoms with Crippen LogP contribution in [0.25, 0.3) is 0 Å². The van der Waals surface area contributed by atoms with Crippen molar-refractivity contribution in [1.82, 2.24) is 4.31 Å². The molecule has 0 amide bonds. The van der Waals surface area contributed by atoms with E-state index >= 15 is 0 Å². The number of hydrogen-bond acceptors (Lipinski definition) is 4. The largest absolute Gasteiger partial charge is 0.380 e. The Bertz CT molecular complexity index is 733. The number of methoxy groups -OCH3 is 1. The molecule has 0 aliphatic rings. The third-order valence-electron chi connectivity index (χ3n) is 3.72. The highest BCUT2D eigenvalue weighted by molar-refractivity contribution is 7.89. The number of ether oxygens (including phenoxy) is 1. The SMILES string of the molecule is COCc1cccc(S(=O)(=O)N(CCN)CCc2ccccc2)c1. The molecule has 2 aromatic rings. The van der Waals surface area contributed by atoms with Crippen LogP contribution in [0.3, 0.4) is 0 Å². The van der Waals surface area contributed by atoms with Gasteiger partial charge in [-0.05, 0) is 29.7 Å². The summed E-state index contributed by atoms with van der Waals surface area (Å²) in [5.74, 6) is 0. The molecule has 0 bridgehead atoms. The Kier molecular flexibility index (Phi) is 6.93. The second kappa shape index (κ2) is 8.94. The van der Waals surface area contributed by atoms with Crippen molar-refractivity contribution in [2.45, 2.75) is 17.9 Å². The summed E-state index contributed by atoms with van der Waals surface area (Å²) >= 11 is 0. The Labute approximate surface area is 144 Å². The summed E-state index contributed by atoms with van der Waals surface area (Å²) in [4.78, 5) is 0.276. The van der Waals surface area contributed by atoms with Gasteiger partial charge in [0.2, 0.25) is 10.0 Å². The van der Waals surface area contributed by atoms with Crippen LogP contribution >= 0.6 is 0 Å². The van der Waals surface area contributed by atoms with Crippen molar-refractivity contribution in [2.75, 3.05) is 26.7 Å². The molecule has 2 aromatic carbocycles. The van der Waals surface area contributed by atoms with Gasteiger partial charge in [0.25, 0.3) is 0 Å². The zero-order chi connectivity index (χ0) is 17.4. The van der Waals surface area contributed by atoms with Gasteiger partial charge in [-0.1, -0.05) is 42.5 Å². The number of nitrogens with zero attached hydrogens (tertiary/aromatic N) is 1. The second-order valence-corrected chi connectivity index (χ2v) is 7.45. The lowest BCUT2D eigenvalue weighted by Gasteiger charge is -2.22. The fraction of sp³-hybridized carbons (Fsp3) is 0.333. The molecule has 0 saturated carbocycles. The van der Waals surface area contributed by atoms with Gasteiger partial charge in [0, 0.05) is 26.7 Å². The van der Waals surface area contributed by atoms with E-state index < -0.39 is 10.0 Å². The van der Waals surface area contributed by atoms with E-state index in [0.29, 0.717) is 26.1 Å². The van der Waals surface area contributed by atoms with E-state index in [0.717, 1.165) is 11.1 Å². The minimum atomic E-state index is -3.58. The molecule has 2 N–H and O–H groups in total. The van der Waals surface area contributed by atoms with E-state index in [-0.39, 0.29) is 11.4 Å². The van der Waals surface area contributed by atoms with Gasteiger partial charge in [-0.15, -0.1) is 0 Å². The topological polar surface area (TPSA) is 72.6 Å². The van der Waals surface area contributed by atoms with Gasteiger partial charge >= 0.3 is 0 Å². The lowest BCUT2D eigenvalue weighted by molar-refractivity contribution is 0.184. The number of rotatable bonds is 9. The van der Waals surface area contributed by atoms with Crippen LogP contribution in [0.2, 0.25) is 0 Å². The van der Waals surface area contributed by atoms with E-state index in [4.69, 9.17) is 10.5 Å². The normalized spacial score (nSPS) is 11.8. The summed E-state index contributed by atoms with van der Waals surface area (Å²) in [7, 11) is -1.99. The van der Waals surface area contributed by atoms with Crippen LogP contribution in [0, 0.1) is 0 Å². The Morgan fingerprint density at radius 2 is 1.71 bits per heavy atom. The third-order valence-corrected chi connectivity index (χ3v) is 5.61. The Hall–Kier alpha value is -1.73. The molecule has 0 unspecified atom stereocenters. The van der Waals surface area contributed by atoms with Gasteiger partial charge in [-0.2, -0.15) is 4.31 Å². The van der Waals surface area contributed by atoms with Crippen molar-refractivity contribution >= 4 is 10.0 Å². The lowest BCUT2D eigenvalue weighted by Crippen LogP contribution is -2.37. The molecule has 0 aliphatic heterocycles. The molecule has 0 heterocycles. The first-order valence-electron chi connectivity index (χ1n) is 7.90. The average Bonchev–Trinajstić information content (AvgIpc) is 2.60. The number of benzene rings is 2. The number of nitrogens with two attached hydrogens (primary N) is 1. The molecule has 0 aliphatic carbocycles. The van der Waals surface area contributed by atoms with Gasteiger partial charge in [0.05, 0.1) is 11.5 Å². The summed E-state index contributed by atoms with van der Waals surface area (Å²) in [5, 5.41) is 0. The fourth-order valence-electron chi connectivity index (χ4n) is 2.51. The highest BCUT2D eigenvalue weighted by Gasteiger charge is 2.23. The molecular formula is C18H24N2O3S. The van der Waals surface area contributed by atoms with E-state index in [9.17, 15) is 8.42 Å². The summed E-state index contributed by atoms with van der Waals surface area (Å²) in [6.07, 6.45) is 0.651. The van der Waals surface area contributed by atoms with Crippen molar-refractivity contribution < 1.29 is 13.2 Å². The van der Waals surface area contributed by atoms with Crippen LogP contribution in [0.4, 0.5) is 0 Å². The van der Waals surface area contributed by atoms with Crippen molar-refractivity contribution in [3.8, 4) is 0 Å². The van der Waals surface area contributed by atoms with E-state index in [1.54, 1.807) is 25.3 Å². The predicted molar refractivity (Wildman–Crippen MR) is 95.1 cm³/mol. The Balaban J connectivity index is 2.19. The summed E-state index contributed by atoms with van der Waals surface area (Å²) in [6, 6.07) is 16.7. The van der Waals surface area contributed by atoms with Crippen molar-refractivity contribution in [1.29, 1.82) is 0 Å². The van der Waals surface area contributed by atoms with E-state index in [1.807, 2.05) is 36.4 Å². The average molecular weight is 348 g/mol. The molecule has 0 atom stereocenters. The molecule has 0 saturated heterocycles. The van der Waals surface area contributed by atoms with Crippen LogP contribution in [0.15, 0.2) is 59.5 Å². The van der Waals surface area contributed by atoms with Crippen LogP contribution in [0.1, 0.15) is 11.1 Å². The molecule has 0 radical (unpaired) electrons. The maximum Gasteiger partial charge on any atom is 0.243 e. The molecule has 130 valence electrons. The molecule has 0 spiro atoms. The minimum Gasteiger partial charge on any atom is -0.380 e. The highest BCUT2D eigenvalue weighted by Crippen LogP contribution is 2.18. The van der Waals surface area contributed by atoms with E-state index in [1.165, 1.54) is 4.31 Å². The van der Waals surface area contributed by atoms with Crippen molar-refractivity contribution in [2.24, 2.45) is 5.73 Å². The van der Waals surface area contributed by atoms with Crippen LogP contribution in [-0.4, -0.2) is 39.5 Å². The van der Waals surface area contributed by atoms with Crippen LogP contribution in [0.5, 0.6) is 0 Å². The first kappa shape index (κ1) is 18.6. The third kappa shape index (κ3) is 4.88. The highest BCUT2D eigenvalue weighted by atomic mass is 32.2. The molecule has 0 aromatic heterocycles. The number of sulfonamides is 1. The zero-order valence-electron chi connectivity index (χ0n) is 13.9. The Morgan fingerprint density at radius 1 is 1.00 bits per heavy atom.